The first kappa shape index (κ1) is 16.8. The highest BCUT2D eigenvalue weighted by Gasteiger charge is 2.22. The van der Waals surface area contributed by atoms with Crippen LogP contribution in [0.5, 0.6) is 11.5 Å². The van der Waals surface area contributed by atoms with E-state index >= 15 is 0 Å². The molecule has 0 saturated carbocycles. The van der Waals surface area contributed by atoms with E-state index < -0.39 is 5.63 Å². The maximum Gasteiger partial charge on any atom is 0.345 e. The number of fused-ring (bicyclic) bond motifs is 4. The Morgan fingerprint density at radius 1 is 1.07 bits per heavy atom. The lowest BCUT2D eigenvalue weighted by atomic mass is 10.2. The average molecular weight is 393 g/mol. The first-order chi connectivity index (χ1) is 13.7. The summed E-state index contributed by atoms with van der Waals surface area (Å²) in [6, 6.07) is 16.3. The predicted octanol–water partition coefficient (Wildman–Crippen LogP) is 3.58. The Labute approximate surface area is 163 Å². The van der Waals surface area contributed by atoms with Crippen LogP contribution in [-0.2, 0) is 0 Å². The zero-order valence-electron chi connectivity index (χ0n) is 14.6. The lowest BCUT2D eigenvalue weighted by Gasteiger charge is -2.26. The van der Waals surface area contributed by atoms with Crippen molar-refractivity contribution < 1.29 is 18.7 Å². The predicted molar refractivity (Wildman–Crippen MR) is 107 cm³/mol. The van der Waals surface area contributed by atoms with Crippen molar-refractivity contribution in [1.82, 2.24) is 5.32 Å². The minimum atomic E-state index is -0.440. The minimum Gasteiger partial charge on any atom is -0.486 e. The van der Waals surface area contributed by atoms with Crippen molar-refractivity contribution in [2.45, 2.75) is 6.10 Å². The fourth-order valence-electron chi connectivity index (χ4n) is 3.21. The summed E-state index contributed by atoms with van der Waals surface area (Å²) in [4.78, 5) is 25.3. The molecule has 5 rings (SSSR count). The smallest absolute Gasteiger partial charge is 0.345 e. The summed E-state index contributed by atoms with van der Waals surface area (Å²) < 4.78 is 17.6. The second kappa shape index (κ2) is 6.69. The van der Waals surface area contributed by atoms with Gasteiger partial charge in [-0.15, -0.1) is 11.3 Å². The van der Waals surface area contributed by atoms with E-state index in [2.05, 4.69) is 5.32 Å². The van der Waals surface area contributed by atoms with Crippen LogP contribution in [0.25, 0.3) is 21.1 Å². The summed E-state index contributed by atoms with van der Waals surface area (Å²) in [5.41, 5.74) is 0.0739. The van der Waals surface area contributed by atoms with Gasteiger partial charge in [0.25, 0.3) is 5.91 Å². The number of para-hydroxylation sites is 3. The van der Waals surface area contributed by atoms with Gasteiger partial charge in [-0.2, -0.15) is 0 Å². The van der Waals surface area contributed by atoms with Crippen LogP contribution in [0.2, 0.25) is 0 Å². The third kappa shape index (κ3) is 2.90. The zero-order chi connectivity index (χ0) is 19.1. The molecule has 1 aliphatic heterocycles. The van der Waals surface area contributed by atoms with Gasteiger partial charge in [-0.1, -0.05) is 24.3 Å². The molecular weight excluding hydrogens is 378 g/mol. The van der Waals surface area contributed by atoms with E-state index in [1.165, 1.54) is 11.3 Å². The molecule has 0 radical (unpaired) electrons. The lowest BCUT2D eigenvalue weighted by molar-refractivity contribution is 0.0791. The van der Waals surface area contributed by atoms with Gasteiger partial charge >= 0.3 is 5.63 Å². The molecular formula is C21H15NO5S. The number of rotatable bonds is 3. The Bertz CT molecular complexity index is 1260. The van der Waals surface area contributed by atoms with E-state index in [-0.39, 0.29) is 12.0 Å². The number of hydrogen-bond acceptors (Lipinski definition) is 6. The molecule has 0 spiro atoms. The number of nitrogens with one attached hydrogen (secondary N) is 1. The summed E-state index contributed by atoms with van der Waals surface area (Å²) in [5.74, 6) is 1.11. The molecule has 1 atom stereocenters. The number of benzene rings is 2. The fourth-order valence-corrected chi connectivity index (χ4v) is 4.30. The second-order valence-electron chi connectivity index (χ2n) is 6.45. The second-order valence-corrected chi connectivity index (χ2v) is 7.50. The summed E-state index contributed by atoms with van der Waals surface area (Å²) in [6.07, 6.45) is -0.279. The Morgan fingerprint density at radius 2 is 1.86 bits per heavy atom. The van der Waals surface area contributed by atoms with Crippen LogP contribution in [0, 0.1) is 0 Å². The monoisotopic (exact) mass is 393 g/mol. The molecule has 140 valence electrons. The molecule has 4 aromatic rings. The van der Waals surface area contributed by atoms with Crippen molar-refractivity contribution in [3.8, 4) is 11.5 Å². The van der Waals surface area contributed by atoms with Crippen LogP contribution in [0.1, 0.15) is 9.67 Å². The largest absolute Gasteiger partial charge is 0.486 e. The Hall–Kier alpha value is -3.32. The van der Waals surface area contributed by atoms with Gasteiger partial charge in [0.15, 0.2) is 11.5 Å². The molecule has 1 aliphatic rings. The van der Waals surface area contributed by atoms with E-state index in [1.54, 1.807) is 12.1 Å². The van der Waals surface area contributed by atoms with Crippen molar-refractivity contribution in [3.05, 3.63) is 69.9 Å². The van der Waals surface area contributed by atoms with E-state index in [4.69, 9.17) is 13.9 Å². The minimum absolute atomic E-state index is 0.257. The van der Waals surface area contributed by atoms with Gasteiger partial charge in [-0.05, 0) is 30.3 Å². The molecule has 2 aromatic heterocycles. The fraction of sp³-hybridized carbons (Fsp3) is 0.143. The lowest BCUT2D eigenvalue weighted by Crippen LogP contribution is -2.40. The van der Waals surface area contributed by atoms with Crippen LogP contribution in [-0.4, -0.2) is 25.2 Å². The van der Waals surface area contributed by atoms with Crippen molar-refractivity contribution in [1.29, 1.82) is 0 Å². The van der Waals surface area contributed by atoms with Crippen molar-refractivity contribution in [2.24, 2.45) is 0 Å². The normalized spacial score (nSPS) is 15.6. The van der Waals surface area contributed by atoms with Crippen molar-refractivity contribution in [3.63, 3.8) is 0 Å². The summed E-state index contributed by atoms with van der Waals surface area (Å²) in [6.45, 7) is 0.661. The van der Waals surface area contributed by atoms with E-state index in [0.29, 0.717) is 40.5 Å². The molecule has 2 aromatic carbocycles. The van der Waals surface area contributed by atoms with Gasteiger partial charge in [0.2, 0.25) is 0 Å². The third-order valence-electron chi connectivity index (χ3n) is 4.57. The van der Waals surface area contributed by atoms with Gasteiger partial charge in [0.1, 0.15) is 18.3 Å². The molecule has 0 fully saturated rings. The van der Waals surface area contributed by atoms with E-state index in [9.17, 15) is 9.59 Å². The van der Waals surface area contributed by atoms with Crippen molar-refractivity contribution >= 4 is 38.3 Å². The van der Waals surface area contributed by atoms with Gasteiger partial charge in [0.05, 0.1) is 21.5 Å². The topological polar surface area (TPSA) is 77.8 Å². The standard InChI is InChI=1S/C21H15NO5S/c23-20(22-10-12-11-25-16-7-3-4-8-17(16)26-12)18-9-14-19(28-18)13-5-1-2-6-15(13)27-21(14)24/h1-9,12H,10-11H2,(H,22,23)/t12-/m0/s1. The molecule has 0 unspecified atom stereocenters. The van der Waals surface area contributed by atoms with Crippen LogP contribution >= 0.6 is 11.3 Å². The highest BCUT2D eigenvalue weighted by atomic mass is 32.1. The Balaban J connectivity index is 1.36. The van der Waals surface area contributed by atoms with Gasteiger partial charge in [-0.3, -0.25) is 4.79 Å². The van der Waals surface area contributed by atoms with Gasteiger partial charge < -0.3 is 19.2 Å². The van der Waals surface area contributed by atoms with Crippen LogP contribution in [0.3, 0.4) is 0 Å². The third-order valence-corrected chi connectivity index (χ3v) is 5.74. The molecule has 1 amide bonds. The maximum absolute atomic E-state index is 12.6. The number of carbonyl (C=O) groups excluding carboxylic acids is 1. The number of carbonyl (C=O) groups is 1. The van der Waals surface area contributed by atoms with Crippen LogP contribution in [0.4, 0.5) is 0 Å². The zero-order valence-corrected chi connectivity index (χ0v) is 15.5. The van der Waals surface area contributed by atoms with Gasteiger partial charge in [-0.25, -0.2) is 4.79 Å². The highest BCUT2D eigenvalue weighted by molar-refractivity contribution is 7.21. The number of ether oxygens (including phenoxy) is 2. The summed E-state index contributed by atoms with van der Waals surface area (Å²) >= 11 is 1.28. The summed E-state index contributed by atoms with van der Waals surface area (Å²) in [5, 5.41) is 4.10. The molecule has 28 heavy (non-hydrogen) atoms. The first-order valence-corrected chi connectivity index (χ1v) is 9.63. The van der Waals surface area contributed by atoms with Gasteiger partial charge in [0, 0.05) is 5.39 Å². The Kier molecular flexibility index (Phi) is 4.02. The highest BCUT2D eigenvalue weighted by Crippen LogP contribution is 2.32. The molecule has 0 bridgehead atoms. The quantitative estimate of drug-likeness (QED) is 0.539. The molecule has 0 aliphatic carbocycles. The average Bonchev–Trinajstić information content (AvgIpc) is 3.18. The SMILES string of the molecule is O=C(NC[C@H]1COc2ccccc2O1)c1cc2c(=O)oc3ccccc3c2s1. The van der Waals surface area contributed by atoms with Crippen LogP contribution < -0.4 is 20.4 Å². The van der Waals surface area contributed by atoms with Crippen molar-refractivity contribution in [2.75, 3.05) is 13.2 Å². The first-order valence-electron chi connectivity index (χ1n) is 8.81. The maximum atomic E-state index is 12.6. The van der Waals surface area contributed by atoms with E-state index in [1.807, 2.05) is 42.5 Å². The number of thiophene rings is 1. The molecule has 6 nitrogen and oxygen atoms in total. The number of hydrogen-bond donors (Lipinski definition) is 1. The van der Waals surface area contributed by atoms with E-state index in [0.717, 1.165) is 10.1 Å². The molecule has 3 heterocycles. The Morgan fingerprint density at radius 3 is 2.75 bits per heavy atom. The summed E-state index contributed by atoms with van der Waals surface area (Å²) in [7, 11) is 0. The molecule has 1 N–H and O–H groups in total. The molecule has 7 heteroatoms. The molecule has 0 saturated heterocycles. The number of amides is 1. The van der Waals surface area contributed by atoms with Crippen LogP contribution in [0.15, 0.2) is 63.8 Å².